The fourth-order valence-electron chi connectivity index (χ4n) is 1.86. The normalized spacial score (nSPS) is 10.7. The fraction of sp³-hybridized carbons (Fsp3) is 0.500. The molecule has 0 bridgehead atoms. The zero-order valence-electron chi connectivity index (χ0n) is 12.5. The van der Waals surface area contributed by atoms with Crippen LogP contribution in [0.1, 0.15) is 40.0 Å². The number of nitrogens with one attached hydrogen (secondary N) is 2. The van der Waals surface area contributed by atoms with Crippen molar-refractivity contribution in [3.05, 3.63) is 24.3 Å². The second-order valence-electron chi connectivity index (χ2n) is 5.64. The van der Waals surface area contributed by atoms with Crippen LogP contribution in [-0.4, -0.2) is 12.5 Å². The van der Waals surface area contributed by atoms with Crippen LogP contribution in [0.2, 0.25) is 0 Å². The molecule has 20 heavy (non-hydrogen) atoms. The zero-order chi connectivity index (χ0) is 15.0. The van der Waals surface area contributed by atoms with Crippen molar-refractivity contribution in [2.45, 2.75) is 40.0 Å². The Bertz CT molecular complexity index is 471. The van der Waals surface area contributed by atoms with E-state index in [1.807, 2.05) is 38.1 Å². The van der Waals surface area contributed by atoms with E-state index in [0.29, 0.717) is 0 Å². The molecule has 1 rings (SSSR count). The first kappa shape index (κ1) is 16.0. The van der Waals surface area contributed by atoms with Crippen molar-refractivity contribution < 1.29 is 4.79 Å². The molecule has 0 aliphatic heterocycles. The fourth-order valence-corrected chi connectivity index (χ4v) is 1.86. The molecule has 1 aromatic rings. The lowest BCUT2D eigenvalue weighted by atomic mass is 9.89. The summed E-state index contributed by atoms with van der Waals surface area (Å²) in [5, 5.41) is 15.0. The van der Waals surface area contributed by atoms with Gasteiger partial charge in [-0.2, -0.15) is 5.26 Å². The number of carbonyl (C=O) groups is 1. The Balaban J connectivity index is 2.26. The molecule has 0 unspecified atom stereocenters. The first-order valence-corrected chi connectivity index (χ1v) is 6.96. The van der Waals surface area contributed by atoms with E-state index >= 15 is 0 Å². The molecule has 1 aromatic carbocycles. The minimum Gasteiger partial charge on any atom is -0.385 e. The highest BCUT2D eigenvalue weighted by Gasteiger charge is 2.15. The monoisotopic (exact) mass is 273 g/mol. The van der Waals surface area contributed by atoms with Gasteiger partial charge in [0.15, 0.2) is 0 Å². The largest absolute Gasteiger partial charge is 0.385 e. The number of rotatable bonds is 7. The maximum atomic E-state index is 10.9. The molecule has 0 saturated carbocycles. The van der Waals surface area contributed by atoms with E-state index in [-0.39, 0.29) is 11.3 Å². The summed E-state index contributed by atoms with van der Waals surface area (Å²) in [5.74, 6) is -0.0641. The van der Waals surface area contributed by atoms with Crippen molar-refractivity contribution in [2.24, 2.45) is 5.41 Å². The Labute approximate surface area is 121 Å². The molecular formula is C16H23N3O. The summed E-state index contributed by atoms with van der Waals surface area (Å²) in [5.41, 5.74) is 1.62. The summed E-state index contributed by atoms with van der Waals surface area (Å²) in [6, 6.07) is 9.97. The lowest BCUT2D eigenvalue weighted by Crippen LogP contribution is -2.09. The van der Waals surface area contributed by atoms with Gasteiger partial charge in [-0.05, 0) is 51.0 Å². The molecule has 0 atom stereocenters. The molecule has 0 spiro atoms. The SMILES string of the molecule is CC(=O)Nc1ccc(NCCCCC(C)(C)C#N)cc1. The van der Waals surface area contributed by atoms with Crippen LogP contribution in [0.4, 0.5) is 11.4 Å². The van der Waals surface area contributed by atoms with Crippen LogP contribution in [0, 0.1) is 16.7 Å². The Morgan fingerprint density at radius 1 is 1.20 bits per heavy atom. The lowest BCUT2D eigenvalue weighted by molar-refractivity contribution is -0.114. The Kier molecular flexibility index (Phi) is 6.05. The average molecular weight is 273 g/mol. The van der Waals surface area contributed by atoms with Gasteiger partial charge in [-0.15, -0.1) is 0 Å². The number of nitrogens with zero attached hydrogens (tertiary/aromatic N) is 1. The number of hydrogen-bond donors (Lipinski definition) is 2. The first-order chi connectivity index (χ1) is 9.43. The van der Waals surface area contributed by atoms with Crippen LogP contribution < -0.4 is 10.6 Å². The highest BCUT2D eigenvalue weighted by atomic mass is 16.1. The lowest BCUT2D eigenvalue weighted by Gasteiger charge is -2.14. The number of anilines is 2. The minimum absolute atomic E-state index is 0.0641. The molecule has 0 aliphatic carbocycles. The summed E-state index contributed by atoms with van der Waals surface area (Å²) < 4.78 is 0. The van der Waals surface area contributed by atoms with Gasteiger partial charge < -0.3 is 10.6 Å². The van der Waals surface area contributed by atoms with Gasteiger partial charge in [0, 0.05) is 24.8 Å². The van der Waals surface area contributed by atoms with E-state index in [0.717, 1.165) is 37.2 Å². The molecule has 0 heterocycles. The zero-order valence-corrected chi connectivity index (χ0v) is 12.5. The van der Waals surface area contributed by atoms with Gasteiger partial charge in [0.25, 0.3) is 0 Å². The van der Waals surface area contributed by atoms with Crippen LogP contribution in [0.3, 0.4) is 0 Å². The number of benzene rings is 1. The van der Waals surface area contributed by atoms with Gasteiger partial charge >= 0.3 is 0 Å². The van der Waals surface area contributed by atoms with E-state index in [4.69, 9.17) is 5.26 Å². The maximum absolute atomic E-state index is 10.9. The second kappa shape index (κ2) is 7.54. The summed E-state index contributed by atoms with van der Waals surface area (Å²) in [6.07, 6.45) is 3.00. The van der Waals surface area contributed by atoms with Crippen LogP contribution in [0.5, 0.6) is 0 Å². The third-order valence-corrected chi connectivity index (χ3v) is 3.07. The smallest absolute Gasteiger partial charge is 0.221 e. The predicted molar refractivity (Wildman–Crippen MR) is 82.5 cm³/mol. The van der Waals surface area contributed by atoms with Gasteiger partial charge in [-0.1, -0.05) is 6.42 Å². The van der Waals surface area contributed by atoms with Gasteiger partial charge in [-0.3, -0.25) is 4.79 Å². The molecular weight excluding hydrogens is 250 g/mol. The molecule has 0 aromatic heterocycles. The van der Waals surface area contributed by atoms with E-state index in [1.165, 1.54) is 6.92 Å². The van der Waals surface area contributed by atoms with Crippen molar-refractivity contribution in [2.75, 3.05) is 17.2 Å². The Morgan fingerprint density at radius 3 is 2.35 bits per heavy atom. The van der Waals surface area contributed by atoms with E-state index < -0.39 is 0 Å². The maximum Gasteiger partial charge on any atom is 0.221 e. The van der Waals surface area contributed by atoms with E-state index in [1.54, 1.807) is 0 Å². The quantitative estimate of drug-likeness (QED) is 0.743. The number of hydrogen-bond acceptors (Lipinski definition) is 3. The molecule has 1 amide bonds. The number of nitriles is 1. The summed E-state index contributed by atoms with van der Waals surface area (Å²) in [6.45, 7) is 6.33. The van der Waals surface area contributed by atoms with Crippen LogP contribution in [0.25, 0.3) is 0 Å². The second-order valence-corrected chi connectivity index (χ2v) is 5.64. The van der Waals surface area contributed by atoms with E-state index in [2.05, 4.69) is 16.7 Å². The summed E-state index contributed by atoms with van der Waals surface area (Å²) in [4.78, 5) is 10.9. The van der Waals surface area contributed by atoms with Crippen molar-refractivity contribution in [1.29, 1.82) is 5.26 Å². The average Bonchev–Trinajstić information content (AvgIpc) is 2.39. The van der Waals surface area contributed by atoms with Gasteiger partial charge in [0.2, 0.25) is 5.91 Å². The number of amides is 1. The van der Waals surface area contributed by atoms with Crippen molar-refractivity contribution in [1.82, 2.24) is 0 Å². The van der Waals surface area contributed by atoms with Crippen LogP contribution >= 0.6 is 0 Å². The Hall–Kier alpha value is -2.02. The summed E-state index contributed by atoms with van der Waals surface area (Å²) >= 11 is 0. The van der Waals surface area contributed by atoms with Crippen LogP contribution in [-0.2, 0) is 4.79 Å². The first-order valence-electron chi connectivity index (χ1n) is 6.96. The van der Waals surface area contributed by atoms with Gasteiger partial charge in [-0.25, -0.2) is 0 Å². The minimum atomic E-state index is -0.222. The van der Waals surface area contributed by atoms with Crippen molar-refractivity contribution >= 4 is 17.3 Å². The molecule has 0 saturated heterocycles. The standard InChI is InChI=1S/C16H23N3O/c1-13(20)19-15-8-6-14(7-9-15)18-11-5-4-10-16(2,3)12-17/h6-9,18H,4-5,10-11H2,1-3H3,(H,19,20). The number of carbonyl (C=O) groups excluding carboxylic acids is 1. The van der Waals surface area contributed by atoms with E-state index in [9.17, 15) is 4.79 Å². The highest BCUT2D eigenvalue weighted by Crippen LogP contribution is 2.21. The molecule has 0 aliphatic rings. The molecule has 2 N–H and O–H groups in total. The highest BCUT2D eigenvalue weighted by molar-refractivity contribution is 5.88. The molecule has 4 nitrogen and oxygen atoms in total. The molecule has 108 valence electrons. The third kappa shape index (κ3) is 6.24. The third-order valence-electron chi connectivity index (χ3n) is 3.07. The molecule has 0 radical (unpaired) electrons. The van der Waals surface area contributed by atoms with Gasteiger partial charge in [0.1, 0.15) is 0 Å². The topological polar surface area (TPSA) is 64.9 Å². The van der Waals surface area contributed by atoms with Crippen LogP contribution in [0.15, 0.2) is 24.3 Å². The summed E-state index contributed by atoms with van der Waals surface area (Å²) in [7, 11) is 0. The predicted octanol–water partition coefficient (Wildman–Crippen LogP) is 3.78. The molecule has 4 heteroatoms. The van der Waals surface area contributed by atoms with Crippen molar-refractivity contribution in [3.8, 4) is 6.07 Å². The van der Waals surface area contributed by atoms with Gasteiger partial charge in [0.05, 0.1) is 11.5 Å². The molecule has 0 fully saturated rings. The van der Waals surface area contributed by atoms with Crippen molar-refractivity contribution in [3.63, 3.8) is 0 Å². The Morgan fingerprint density at radius 2 is 1.80 bits per heavy atom. The number of unbranched alkanes of at least 4 members (excludes halogenated alkanes) is 1.